The van der Waals surface area contributed by atoms with Crippen LogP contribution in [0.2, 0.25) is 0 Å². The highest BCUT2D eigenvalue weighted by Gasteiger charge is 2.19. The number of piperidine rings is 1. The second-order valence-corrected chi connectivity index (χ2v) is 5.11. The van der Waals surface area contributed by atoms with Gasteiger partial charge in [0, 0.05) is 19.1 Å². The van der Waals surface area contributed by atoms with Crippen LogP contribution in [0.5, 0.6) is 5.75 Å². The lowest BCUT2D eigenvalue weighted by Gasteiger charge is -2.31. The summed E-state index contributed by atoms with van der Waals surface area (Å²) in [6, 6.07) is 8.23. The second kappa shape index (κ2) is 6.21. The Balaban J connectivity index is 1.92. The summed E-state index contributed by atoms with van der Waals surface area (Å²) in [6.45, 7) is 7.65. The third-order valence-electron chi connectivity index (χ3n) is 3.67. The molecule has 2 rings (SSSR count). The molecular weight excluding hydrogens is 224 g/mol. The molecule has 100 valence electrons. The highest BCUT2D eigenvalue weighted by Crippen LogP contribution is 2.22. The number of rotatable bonds is 4. The number of likely N-dealkylation sites (tertiary alicyclic amines) is 1. The number of ether oxygens (including phenoxy) is 1. The minimum atomic E-state index is 0.0653. The van der Waals surface area contributed by atoms with Crippen molar-refractivity contribution in [2.24, 2.45) is 5.73 Å². The molecule has 1 aliphatic rings. The number of hydrogen-bond donors (Lipinski definition) is 1. The van der Waals surface area contributed by atoms with E-state index in [-0.39, 0.29) is 6.04 Å². The van der Waals surface area contributed by atoms with Gasteiger partial charge in [0.2, 0.25) is 0 Å². The molecule has 1 atom stereocenters. The van der Waals surface area contributed by atoms with E-state index in [0.29, 0.717) is 6.10 Å². The Morgan fingerprint density at radius 3 is 2.72 bits per heavy atom. The summed E-state index contributed by atoms with van der Waals surface area (Å²) >= 11 is 0. The molecule has 1 aliphatic heterocycles. The van der Waals surface area contributed by atoms with Crippen molar-refractivity contribution in [3.05, 3.63) is 29.8 Å². The van der Waals surface area contributed by atoms with Gasteiger partial charge < -0.3 is 15.4 Å². The van der Waals surface area contributed by atoms with Gasteiger partial charge in [-0.1, -0.05) is 19.1 Å². The van der Waals surface area contributed by atoms with Crippen LogP contribution < -0.4 is 10.5 Å². The first kappa shape index (κ1) is 13.4. The van der Waals surface area contributed by atoms with Gasteiger partial charge in [-0.05, 0) is 44.0 Å². The molecule has 18 heavy (non-hydrogen) atoms. The van der Waals surface area contributed by atoms with E-state index in [0.717, 1.165) is 43.8 Å². The van der Waals surface area contributed by atoms with Crippen LogP contribution in [-0.2, 0) is 0 Å². The van der Waals surface area contributed by atoms with Crippen molar-refractivity contribution in [2.45, 2.75) is 38.8 Å². The maximum atomic E-state index is 6.06. The Hall–Kier alpha value is -1.06. The number of nitrogens with zero attached hydrogens (tertiary/aromatic N) is 1. The van der Waals surface area contributed by atoms with Gasteiger partial charge in [-0.25, -0.2) is 0 Å². The molecule has 0 aromatic heterocycles. The van der Waals surface area contributed by atoms with Crippen LogP contribution in [-0.4, -0.2) is 30.6 Å². The minimum absolute atomic E-state index is 0.0653. The molecule has 1 fully saturated rings. The van der Waals surface area contributed by atoms with Gasteiger partial charge in [0.25, 0.3) is 0 Å². The minimum Gasteiger partial charge on any atom is -0.490 e. The van der Waals surface area contributed by atoms with E-state index in [1.165, 1.54) is 0 Å². The van der Waals surface area contributed by atoms with Crippen molar-refractivity contribution in [3.63, 3.8) is 0 Å². The molecular formula is C15H24N2O. The van der Waals surface area contributed by atoms with Crippen LogP contribution in [0.15, 0.2) is 24.3 Å². The first-order valence-electron chi connectivity index (χ1n) is 6.93. The van der Waals surface area contributed by atoms with Crippen molar-refractivity contribution < 1.29 is 4.74 Å². The average molecular weight is 248 g/mol. The summed E-state index contributed by atoms with van der Waals surface area (Å²) < 4.78 is 6.06. The lowest BCUT2D eigenvalue weighted by molar-refractivity contribution is 0.104. The quantitative estimate of drug-likeness (QED) is 0.890. The lowest BCUT2D eigenvalue weighted by Crippen LogP contribution is -2.38. The average Bonchev–Trinajstić information content (AvgIpc) is 2.40. The molecule has 1 heterocycles. The molecule has 2 N–H and O–H groups in total. The van der Waals surface area contributed by atoms with Crippen LogP contribution in [0.1, 0.15) is 38.3 Å². The molecule has 0 amide bonds. The van der Waals surface area contributed by atoms with Gasteiger partial charge in [0.15, 0.2) is 0 Å². The van der Waals surface area contributed by atoms with E-state index in [4.69, 9.17) is 10.5 Å². The fourth-order valence-electron chi connectivity index (χ4n) is 2.41. The topological polar surface area (TPSA) is 38.5 Å². The lowest BCUT2D eigenvalue weighted by atomic mass is 10.1. The molecule has 1 aromatic carbocycles. The van der Waals surface area contributed by atoms with E-state index >= 15 is 0 Å². The third-order valence-corrected chi connectivity index (χ3v) is 3.67. The van der Waals surface area contributed by atoms with Crippen molar-refractivity contribution in [1.82, 2.24) is 4.90 Å². The van der Waals surface area contributed by atoms with Gasteiger partial charge in [0.05, 0.1) is 0 Å². The molecule has 0 spiro atoms. The summed E-state index contributed by atoms with van der Waals surface area (Å²) in [7, 11) is 0. The van der Waals surface area contributed by atoms with Gasteiger partial charge in [-0.15, -0.1) is 0 Å². The van der Waals surface area contributed by atoms with Gasteiger partial charge in [0.1, 0.15) is 11.9 Å². The Morgan fingerprint density at radius 1 is 1.39 bits per heavy atom. The summed E-state index contributed by atoms with van der Waals surface area (Å²) in [5.41, 5.74) is 7.03. The Bertz CT molecular complexity index is 371. The van der Waals surface area contributed by atoms with Crippen molar-refractivity contribution in [3.8, 4) is 5.75 Å². The molecule has 1 saturated heterocycles. The van der Waals surface area contributed by atoms with E-state index < -0.39 is 0 Å². The van der Waals surface area contributed by atoms with E-state index in [2.05, 4.69) is 24.0 Å². The monoisotopic (exact) mass is 248 g/mol. The van der Waals surface area contributed by atoms with Crippen LogP contribution in [0.25, 0.3) is 0 Å². The Labute approximate surface area is 110 Å². The Kier molecular flexibility index (Phi) is 4.61. The van der Waals surface area contributed by atoms with Gasteiger partial charge >= 0.3 is 0 Å². The molecule has 3 heteroatoms. The third kappa shape index (κ3) is 3.47. The smallest absolute Gasteiger partial charge is 0.120 e. The van der Waals surface area contributed by atoms with Crippen LogP contribution in [0, 0.1) is 0 Å². The maximum Gasteiger partial charge on any atom is 0.120 e. The number of nitrogens with two attached hydrogens (primary N) is 1. The van der Waals surface area contributed by atoms with Crippen molar-refractivity contribution >= 4 is 0 Å². The number of hydrogen-bond acceptors (Lipinski definition) is 3. The predicted octanol–water partition coefficient (Wildman–Crippen LogP) is 2.57. The first-order chi connectivity index (χ1) is 8.69. The zero-order chi connectivity index (χ0) is 13.0. The molecule has 0 aliphatic carbocycles. The van der Waals surface area contributed by atoms with Gasteiger partial charge in [-0.2, -0.15) is 0 Å². The largest absolute Gasteiger partial charge is 0.490 e. The van der Waals surface area contributed by atoms with E-state index in [1.54, 1.807) is 0 Å². The molecule has 0 radical (unpaired) electrons. The Morgan fingerprint density at radius 2 is 2.11 bits per heavy atom. The van der Waals surface area contributed by atoms with Gasteiger partial charge in [-0.3, -0.25) is 0 Å². The molecule has 3 nitrogen and oxygen atoms in total. The zero-order valence-electron chi connectivity index (χ0n) is 11.4. The standard InChI is InChI=1S/C15H24N2O/c1-3-17-9-7-14(8-10-17)18-15-6-4-5-13(11-15)12(2)16/h4-6,11-12,14H,3,7-10,16H2,1-2H3. The zero-order valence-corrected chi connectivity index (χ0v) is 11.4. The highest BCUT2D eigenvalue weighted by molar-refractivity contribution is 5.30. The summed E-state index contributed by atoms with van der Waals surface area (Å²) in [6.07, 6.45) is 2.60. The molecule has 0 saturated carbocycles. The maximum absolute atomic E-state index is 6.06. The number of benzene rings is 1. The van der Waals surface area contributed by atoms with E-state index in [1.807, 2.05) is 19.1 Å². The first-order valence-corrected chi connectivity index (χ1v) is 6.93. The summed E-state index contributed by atoms with van der Waals surface area (Å²) in [5.74, 6) is 0.958. The van der Waals surface area contributed by atoms with Crippen LogP contribution >= 0.6 is 0 Å². The van der Waals surface area contributed by atoms with E-state index in [9.17, 15) is 0 Å². The normalized spacial score (nSPS) is 19.7. The summed E-state index contributed by atoms with van der Waals surface area (Å²) in [5, 5.41) is 0. The predicted molar refractivity (Wildman–Crippen MR) is 74.8 cm³/mol. The van der Waals surface area contributed by atoms with Crippen molar-refractivity contribution in [2.75, 3.05) is 19.6 Å². The molecule has 0 bridgehead atoms. The molecule has 1 aromatic rings. The highest BCUT2D eigenvalue weighted by atomic mass is 16.5. The fourth-order valence-corrected chi connectivity index (χ4v) is 2.41. The molecule has 1 unspecified atom stereocenters. The summed E-state index contributed by atoms with van der Waals surface area (Å²) in [4.78, 5) is 2.47. The SMILES string of the molecule is CCN1CCC(Oc2cccc(C(C)N)c2)CC1. The fraction of sp³-hybridized carbons (Fsp3) is 0.600. The van der Waals surface area contributed by atoms with Crippen LogP contribution in [0.4, 0.5) is 0 Å². The van der Waals surface area contributed by atoms with Crippen LogP contribution in [0.3, 0.4) is 0 Å². The second-order valence-electron chi connectivity index (χ2n) is 5.11. The van der Waals surface area contributed by atoms with Crippen molar-refractivity contribution in [1.29, 1.82) is 0 Å².